The van der Waals surface area contributed by atoms with Gasteiger partial charge in [0, 0.05) is 18.5 Å². The Labute approximate surface area is 154 Å². The minimum Gasteiger partial charge on any atom is -0.307 e. The summed E-state index contributed by atoms with van der Waals surface area (Å²) in [5.74, 6) is -0.947. The van der Waals surface area contributed by atoms with Gasteiger partial charge in [0.2, 0.25) is 10.0 Å². The fourth-order valence-electron chi connectivity index (χ4n) is 3.23. The zero-order valence-corrected chi connectivity index (χ0v) is 14.9. The molecule has 3 aromatic rings. The van der Waals surface area contributed by atoms with Crippen LogP contribution >= 0.6 is 0 Å². The van der Waals surface area contributed by atoms with Crippen molar-refractivity contribution in [3.05, 3.63) is 54.5 Å². The Morgan fingerprint density at radius 3 is 2.56 bits per heavy atom. The number of fused-ring (bicyclic) bond motifs is 1. The zero-order valence-electron chi connectivity index (χ0n) is 14.1. The van der Waals surface area contributed by atoms with Gasteiger partial charge in [-0.2, -0.15) is 5.10 Å². The van der Waals surface area contributed by atoms with E-state index in [9.17, 15) is 17.6 Å². The number of carbonyl (C=O) groups is 1. The molecule has 1 aliphatic heterocycles. The molecule has 27 heavy (non-hydrogen) atoms. The number of benzene rings is 2. The number of anilines is 1. The number of nitrogens with zero attached hydrogens (tertiary/aromatic N) is 4. The Morgan fingerprint density at radius 1 is 1.07 bits per heavy atom. The number of halogens is 1. The van der Waals surface area contributed by atoms with Gasteiger partial charge in [0.25, 0.3) is 0 Å². The van der Waals surface area contributed by atoms with E-state index < -0.39 is 27.7 Å². The number of hydrogen-bond donors (Lipinski definition) is 1. The normalized spacial score (nSPS) is 15.1. The zero-order chi connectivity index (χ0) is 19.2. The third-order valence-electron chi connectivity index (χ3n) is 4.39. The average molecular weight is 389 g/mol. The van der Waals surface area contributed by atoms with Gasteiger partial charge >= 0.3 is 6.03 Å². The van der Waals surface area contributed by atoms with E-state index in [0.29, 0.717) is 28.8 Å². The SMILES string of the molecule is NS(=O)(=O)CN1CCN(c2cccc3c2cnn3-c2ccccc2F)C1=O. The second kappa shape index (κ2) is 6.32. The molecule has 10 heteroatoms. The van der Waals surface area contributed by atoms with Gasteiger partial charge < -0.3 is 4.90 Å². The number of rotatable bonds is 4. The molecule has 0 atom stereocenters. The number of carbonyl (C=O) groups excluding carboxylic acids is 1. The van der Waals surface area contributed by atoms with Gasteiger partial charge in [-0.25, -0.2) is 27.4 Å². The number of para-hydroxylation sites is 1. The predicted octanol–water partition coefficient (Wildman–Crippen LogP) is 1.65. The number of hydrogen-bond acceptors (Lipinski definition) is 4. The quantitative estimate of drug-likeness (QED) is 0.733. The Morgan fingerprint density at radius 2 is 1.81 bits per heavy atom. The van der Waals surface area contributed by atoms with Crippen LogP contribution < -0.4 is 10.0 Å². The highest BCUT2D eigenvalue weighted by Gasteiger charge is 2.32. The monoisotopic (exact) mass is 389 g/mol. The largest absolute Gasteiger partial charge is 0.325 e. The minimum absolute atomic E-state index is 0.243. The summed E-state index contributed by atoms with van der Waals surface area (Å²) < 4.78 is 38.2. The molecule has 0 radical (unpaired) electrons. The Balaban J connectivity index is 1.75. The molecule has 1 saturated heterocycles. The molecule has 1 aliphatic rings. The highest BCUT2D eigenvalue weighted by Crippen LogP contribution is 2.31. The van der Waals surface area contributed by atoms with Crippen LogP contribution in [-0.4, -0.2) is 48.1 Å². The summed E-state index contributed by atoms with van der Waals surface area (Å²) in [6, 6.07) is 11.1. The van der Waals surface area contributed by atoms with E-state index in [4.69, 9.17) is 5.14 Å². The summed E-state index contributed by atoms with van der Waals surface area (Å²) in [5, 5.41) is 9.98. The standard InChI is InChI=1S/C17H16FN5O3S/c18-13-4-1-2-5-16(13)23-15-7-3-6-14(12(15)10-20-23)22-9-8-21(17(22)24)11-27(19,25)26/h1-7,10H,8-9,11H2,(H2,19,25,26). The number of nitrogens with two attached hydrogens (primary N) is 1. The molecular formula is C17H16FN5O3S. The van der Waals surface area contributed by atoms with Crippen LogP contribution in [-0.2, 0) is 10.0 Å². The molecule has 1 fully saturated rings. The van der Waals surface area contributed by atoms with Crippen LogP contribution in [0.15, 0.2) is 48.7 Å². The number of aromatic nitrogens is 2. The molecule has 8 nitrogen and oxygen atoms in total. The first-order chi connectivity index (χ1) is 12.8. The Bertz CT molecular complexity index is 1140. The highest BCUT2D eigenvalue weighted by atomic mass is 32.2. The lowest BCUT2D eigenvalue weighted by atomic mass is 10.2. The maximum Gasteiger partial charge on any atom is 0.325 e. The Hall–Kier alpha value is -2.98. The molecule has 2 N–H and O–H groups in total. The minimum atomic E-state index is -3.80. The average Bonchev–Trinajstić information content (AvgIpc) is 3.19. The van der Waals surface area contributed by atoms with E-state index in [2.05, 4.69) is 5.10 Å². The summed E-state index contributed by atoms with van der Waals surface area (Å²) in [7, 11) is -3.80. The van der Waals surface area contributed by atoms with Crippen LogP contribution in [0.4, 0.5) is 14.9 Å². The molecule has 140 valence electrons. The predicted molar refractivity (Wildman–Crippen MR) is 98.5 cm³/mol. The van der Waals surface area contributed by atoms with Crippen molar-refractivity contribution in [1.29, 1.82) is 0 Å². The van der Waals surface area contributed by atoms with Crippen LogP contribution in [0.25, 0.3) is 16.6 Å². The number of primary sulfonamides is 1. The van der Waals surface area contributed by atoms with Crippen LogP contribution in [0.3, 0.4) is 0 Å². The molecule has 0 bridgehead atoms. The van der Waals surface area contributed by atoms with Crippen molar-refractivity contribution in [3.8, 4) is 5.69 Å². The van der Waals surface area contributed by atoms with Crippen molar-refractivity contribution >= 4 is 32.6 Å². The second-order valence-corrected chi connectivity index (χ2v) is 7.79. The number of amides is 2. The van der Waals surface area contributed by atoms with Crippen molar-refractivity contribution in [2.45, 2.75) is 0 Å². The van der Waals surface area contributed by atoms with Crippen molar-refractivity contribution in [2.24, 2.45) is 5.14 Å². The van der Waals surface area contributed by atoms with Gasteiger partial charge in [0.1, 0.15) is 17.4 Å². The van der Waals surface area contributed by atoms with Crippen molar-refractivity contribution in [3.63, 3.8) is 0 Å². The summed E-state index contributed by atoms with van der Waals surface area (Å²) in [6.45, 7) is 0.561. The summed E-state index contributed by atoms with van der Waals surface area (Å²) in [6.07, 6.45) is 1.56. The molecular weight excluding hydrogens is 373 g/mol. The second-order valence-electron chi connectivity index (χ2n) is 6.21. The third kappa shape index (κ3) is 3.13. The highest BCUT2D eigenvalue weighted by molar-refractivity contribution is 7.89. The molecule has 2 amide bonds. The van der Waals surface area contributed by atoms with Gasteiger partial charge in [-0.05, 0) is 24.3 Å². The molecule has 0 spiro atoms. The molecule has 0 aliphatic carbocycles. The smallest absolute Gasteiger partial charge is 0.307 e. The molecule has 4 rings (SSSR count). The van der Waals surface area contributed by atoms with Crippen molar-refractivity contribution < 1.29 is 17.6 Å². The number of sulfonamides is 1. The van der Waals surface area contributed by atoms with Crippen LogP contribution in [0.5, 0.6) is 0 Å². The van der Waals surface area contributed by atoms with Gasteiger partial charge in [-0.3, -0.25) is 4.90 Å². The van der Waals surface area contributed by atoms with Gasteiger partial charge in [-0.1, -0.05) is 18.2 Å². The molecule has 0 saturated carbocycles. The first kappa shape index (κ1) is 17.4. The Kier molecular flexibility index (Phi) is 4.08. The van der Waals surface area contributed by atoms with E-state index in [0.717, 1.165) is 0 Å². The number of urea groups is 1. The summed E-state index contributed by atoms with van der Waals surface area (Å²) in [4.78, 5) is 15.3. The maximum absolute atomic E-state index is 14.2. The van der Waals surface area contributed by atoms with Crippen LogP contribution in [0.2, 0.25) is 0 Å². The van der Waals surface area contributed by atoms with Crippen LogP contribution in [0.1, 0.15) is 0 Å². The molecule has 0 unspecified atom stereocenters. The topological polar surface area (TPSA) is 102 Å². The first-order valence-corrected chi connectivity index (χ1v) is 9.85. The first-order valence-electron chi connectivity index (χ1n) is 8.14. The lowest BCUT2D eigenvalue weighted by Crippen LogP contribution is -2.37. The van der Waals surface area contributed by atoms with E-state index in [1.807, 2.05) is 0 Å². The summed E-state index contributed by atoms with van der Waals surface area (Å²) >= 11 is 0. The maximum atomic E-state index is 14.2. The molecule has 2 heterocycles. The van der Waals surface area contributed by atoms with Gasteiger partial charge in [-0.15, -0.1) is 0 Å². The molecule has 1 aromatic heterocycles. The third-order valence-corrected chi connectivity index (χ3v) is 5.06. The van der Waals surface area contributed by atoms with E-state index in [1.54, 1.807) is 42.6 Å². The lowest BCUT2D eigenvalue weighted by molar-refractivity contribution is 0.226. The molecule has 2 aromatic carbocycles. The lowest BCUT2D eigenvalue weighted by Gasteiger charge is -2.18. The van der Waals surface area contributed by atoms with E-state index in [-0.39, 0.29) is 6.54 Å². The van der Waals surface area contributed by atoms with Crippen molar-refractivity contribution in [1.82, 2.24) is 14.7 Å². The fraction of sp³-hybridized carbons (Fsp3) is 0.176. The fourth-order valence-corrected chi connectivity index (χ4v) is 3.90. The van der Waals surface area contributed by atoms with Gasteiger partial charge in [0.15, 0.2) is 0 Å². The van der Waals surface area contributed by atoms with Crippen LogP contribution in [0, 0.1) is 5.82 Å². The van der Waals surface area contributed by atoms with E-state index >= 15 is 0 Å². The summed E-state index contributed by atoms with van der Waals surface area (Å²) in [5.41, 5.74) is 1.51. The van der Waals surface area contributed by atoms with Gasteiger partial charge in [0.05, 0.1) is 17.4 Å². The van der Waals surface area contributed by atoms with Crippen molar-refractivity contribution in [2.75, 3.05) is 23.9 Å². The van der Waals surface area contributed by atoms with E-state index in [1.165, 1.54) is 20.5 Å².